The van der Waals surface area contributed by atoms with E-state index in [1.807, 2.05) is 11.8 Å². The van der Waals surface area contributed by atoms with E-state index in [0.717, 1.165) is 38.1 Å². The van der Waals surface area contributed by atoms with Gasteiger partial charge in [0.25, 0.3) is 0 Å². The first kappa shape index (κ1) is 10.4. The van der Waals surface area contributed by atoms with Crippen LogP contribution in [0.4, 0.5) is 4.39 Å². The number of thioether (sulfide) groups is 1. The monoisotopic (exact) mass is 229 g/mol. The van der Waals surface area contributed by atoms with Crippen LogP contribution >= 0.6 is 11.8 Å². The molecule has 1 N–H and O–H groups in total. The maximum Gasteiger partial charge on any atom is 0.115 e. The Morgan fingerprint density at radius 3 is 2.53 bits per heavy atom. The van der Waals surface area contributed by atoms with Crippen molar-refractivity contribution in [1.29, 1.82) is 0 Å². The SMILES string of the molecule is FC1(C2CCCSC2)CC2CNCC2C1. The first-order valence-electron chi connectivity index (χ1n) is 6.25. The Balaban J connectivity index is 1.69. The van der Waals surface area contributed by atoms with E-state index < -0.39 is 5.67 Å². The summed E-state index contributed by atoms with van der Waals surface area (Å²) in [7, 11) is 0. The molecule has 15 heavy (non-hydrogen) atoms. The van der Waals surface area contributed by atoms with E-state index in [1.54, 1.807) is 0 Å². The zero-order valence-corrected chi connectivity index (χ0v) is 9.99. The summed E-state index contributed by atoms with van der Waals surface area (Å²) in [6, 6.07) is 0. The second kappa shape index (κ2) is 3.92. The molecule has 1 saturated carbocycles. The first-order valence-corrected chi connectivity index (χ1v) is 7.41. The summed E-state index contributed by atoms with van der Waals surface area (Å²) < 4.78 is 14.9. The topological polar surface area (TPSA) is 12.0 Å². The molecule has 2 heterocycles. The van der Waals surface area contributed by atoms with Gasteiger partial charge in [0.05, 0.1) is 0 Å². The van der Waals surface area contributed by atoms with Crippen LogP contribution in [0.5, 0.6) is 0 Å². The lowest BCUT2D eigenvalue weighted by Crippen LogP contribution is -2.35. The molecule has 3 heteroatoms. The van der Waals surface area contributed by atoms with Gasteiger partial charge in [0.1, 0.15) is 5.67 Å². The third-order valence-electron chi connectivity index (χ3n) is 4.57. The molecule has 2 aliphatic heterocycles. The van der Waals surface area contributed by atoms with Crippen molar-refractivity contribution in [3.8, 4) is 0 Å². The Labute approximate surface area is 95.6 Å². The molecule has 1 nitrogen and oxygen atoms in total. The van der Waals surface area contributed by atoms with Crippen molar-refractivity contribution >= 4 is 11.8 Å². The zero-order chi connectivity index (χ0) is 10.3. The molecule has 0 aromatic heterocycles. The molecule has 3 aliphatic rings. The lowest BCUT2D eigenvalue weighted by Gasteiger charge is -2.33. The molecule has 3 unspecified atom stereocenters. The van der Waals surface area contributed by atoms with E-state index in [4.69, 9.17) is 0 Å². The highest BCUT2D eigenvalue weighted by Gasteiger charge is 2.51. The van der Waals surface area contributed by atoms with Crippen molar-refractivity contribution in [2.45, 2.75) is 31.4 Å². The molecule has 0 amide bonds. The van der Waals surface area contributed by atoms with Crippen LogP contribution in [0.25, 0.3) is 0 Å². The average Bonchev–Trinajstić information content (AvgIpc) is 2.78. The molecule has 2 saturated heterocycles. The summed E-state index contributed by atoms with van der Waals surface area (Å²) in [5.41, 5.74) is -0.801. The second-order valence-corrected chi connectivity index (χ2v) is 6.69. The third-order valence-corrected chi connectivity index (χ3v) is 5.79. The lowest BCUT2D eigenvalue weighted by molar-refractivity contribution is 0.0840. The molecule has 1 aliphatic carbocycles. The second-order valence-electron chi connectivity index (χ2n) is 5.54. The van der Waals surface area contributed by atoms with E-state index in [2.05, 4.69) is 5.32 Å². The van der Waals surface area contributed by atoms with Crippen molar-refractivity contribution in [3.63, 3.8) is 0 Å². The highest BCUT2D eigenvalue weighted by molar-refractivity contribution is 7.99. The zero-order valence-electron chi connectivity index (χ0n) is 9.18. The highest BCUT2D eigenvalue weighted by atomic mass is 32.2. The molecule has 0 aromatic carbocycles. The predicted octanol–water partition coefficient (Wildman–Crippen LogP) is 2.47. The van der Waals surface area contributed by atoms with Crippen LogP contribution in [0.15, 0.2) is 0 Å². The van der Waals surface area contributed by atoms with Crippen molar-refractivity contribution in [3.05, 3.63) is 0 Å². The number of hydrogen-bond donors (Lipinski definition) is 1. The summed E-state index contributed by atoms with van der Waals surface area (Å²) in [5.74, 6) is 3.97. The van der Waals surface area contributed by atoms with E-state index >= 15 is 0 Å². The number of alkyl halides is 1. The Morgan fingerprint density at radius 2 is 1.93 bits per heavy atom. The Bertz CT molecular complexity index is 228. The Hall–Kier alpha value is 0.240. The van der Waals surface area contributed by atoms with Crippen LogP contribution in [-0.2, 0) is 0 Å². The fourth-order valence-corrected chi connectivity index (χ4v) is 4.99. The first-order chi connectivity index (χ1) is 7.28. The van der Waals surface area contributed by atoms with Crippen LogP contribution in [0.1, 0.15) is 25.7 Å². The molecular weight excluding hydrogens is 209 g/mol. The van der Waals surface area contributed by atoms with Gasteiger partial charge in [0.15, 0.2) is 0 Å². The van der Waals surface area contributed by atoms with E-state index in [0.29, 0.717) is 17.8 Å². The number of rotatable bonds is 1. The number of fused-ring (bicyclic) bond motifs is 1. The van der Waals surface area contributed by atoms with Gasteiger partial charge >= 0.3 is 0 Å². The number of nitrogens with one attached hydrogen (secondary N) is 1. The summed E-state index contributed by atoms with van der Waals surface area (Å²) in [4.78, 5) is 0. The van der Waals surface area contributed by atoms with Gasteiger partial charge in [-0.05, 0) is 62.1 Å². The van der Waals surface area contributed by atoms with Gasteiger partial charge in [-0.1, -0.05) is 0 Å². The Morgan fingerprint density at radius 1 is 1.20 bits per heavy atom. The van der Waals surface area contributed by atoms with E-state index in [1.165, 1.54) is 12.2 Å². The van der Waals surface area contributed by atoms with E-state index in [-0.39, 0.29) is 0 Å². The van der Waals surface area contributed by atoms with Crippen LogP contribution in [0.2, 0.25) is 0 Å². The van der Waals surface area contributed by atoms with E-state index in [9.17, 15) is 4.39 Å². The van der Waals surface area contributed by atoms with Gasteiger partial charge in [-0.3, -0.25) is 0 Å². The van der Waals surface area contributed by atoms with Gasteiger partial charge in [0.2, 0.25) is 0 Å². The summed E-state index contributed by atoms with van der Waals surface area (Å²) in [5, 5.41) is 3.39. The molecule has 0 radical (unpaired) electrons. The summed E-state index contributed by atoms with van der Waals surface area (Å²) in [6.45, 7) is 2.13. The average molecular weight is 229 g/mol. The fourth-order valence-electron chi connectivity index (χ4n) is 3.70. The molecule has 0 bridgehead atoms. The maximum atomic E-state index is 14.9. The van der Waals surface area contributed by atoms with Crippen LogP contribution < -0.4 is 5.32 Å². The molecule has 3 fully saturated rings. The molecular formula is C12H20FNS. The normalized spacial score (nSPS) is 50.6. The standard InChI is InChI=1S/C12H20FNS/c13-12(11-2-1-3-15-8-11)4-9-6-14-7-10(9)5-12/h9-11,14H,1-8H2. The van der Waals surface area contributed by atoms with Gasteiger partial charge in [-0.15, -0.1) is 0 Å². The maximum absolute atomic E-state index is 14.9. The number of halogens is 1. The summed E-state index contributed by atoms with van der Waals surface area (Å²) in [6.07, 6.45) is 4.05. The minimum absolute atomic E-state index is 0.363. The molecule has 86 valence electrons. The molecule has 0 aromatic rings. The van der Waals surface area contributed by atoms with Crippen molar-refractivity contribution in [2.75, 3.05) is 24.6 Å². The molecule has 3 atom stereocenters. The quantitative estimate of drug-likeness (QED) is 0.741. The van der Waals surface area contributed by atoms with Crippen LogP contribution in [0.3, 0.4) is 0 Å². The van der Waals surface area contributed by atoms with Crippen LogP contribution in [0, 0.1) is 17.8 Å². The van der Waals surface area contributed by atoms with Gasteiger partial charge in [-0.25, -0.2) is 4.39 Å². The summed E-state index contributed by atoms with van der Waals surface area (Å²) >= 11 is 1.96. The molecule has 3 rings (SSSR count). The van der Waals surface area contributed by atoms with Gasteiger partial charge in [0, 0.05) is 5.92 Å². The Kier molecular flexibility index (Phi) is 2.72. The van der Waals surface area contributed by atoms with Crippen LogP contribution in [-0.4, -0.2) is 30.3 Å². The van der Waals surface area contributed by atoms with Crippen molar-refractivity contribution in [1.82, 2.24) is 5.32 Å². The van der Waals surface area contributed by atoms with Crippen molar-refractivity contribution in [2.24, 2.45) is 17.8 Å². The third kappa shape index (κ3) is 1.82. The molecule has 0 spiro atoms. The minimum Gasteiger partial charge on any atom is -0.316 e. The largest absolute Gasteiger partial charge is 0.316 e. The highest BCUT2D eigenvalue weighted by Crippen LogP contribution is 2.50. The predicted molar refractivity (Wildman–Crippen MR) is 63.0 cm³/mol. The number of hydrogen-bond acceptors (Lipinski definition) is 2. The minimum atomic E-state index is -0.801. The smallest absolute Gasteiger partial charge is 0.115 e. The van der Waals surface area contributed by atoms with Gasteiger partial charge < -0.3 is 5.32 Å². The lowest BCUT2D eigenvalue weighted by atomic mass is 9.84. The van der Waals surface area contributed by atoms with Crippen molar-refractivity contribution < 1.29 is 4.39 Å². The fraction of sp³-hybridized carbons (Fsp3) is 1.00. The van der Waals surface area contributed by atoms with Gasteiger partial charge in [-0.2, -0.15) is 11.8 Å².